The van der Waals surface area contributed by atoms with E-state index in [4.69, 9.17) is 11.6 Å². The molecule has 84 valence electrons. The monoisotopic (exact) mass is 260 g/mol. The van der Waals surface area contributed by atoms with Crippen molar-refractivity contribution in [2.45, 2.75) is 11.1 Å². The van der Waals surface area contributed by atoms with Crippen LogP contribution in [0.1, 0.15) is 5.69 Å². The lowest BCUT2D eigenvalue weighted by Gasteiger charge is -2.10. The Kier molecular flexibility index (Phi) is 2.92. The van der Waals surface area contributed by atoms with Crippen molar-refractivity contribution in [1.82, 2.24) is 9.97 Å². The summed E-state index contributed by atoms with van der Waals surface area (Å²) in [7, 11) is -4.12. The molecular formula is C6H4ClF3N2O2S. The number of rotatable bonds is 1. The number of hydrogen-bond acceptors (Lipinski definition) is 4. The van der Waals surface area contributed by atoms with Crippen LogP contribution in [0.4, 0.5) is 13.2 Å². The van der Waals surface area contributed by atoms with Gasteiger partial charge in [-0.05, 0) is 0 Å². The van der Waals surface area contributed by atoms with Crippen LogP contribution in [-0.2, 0) is 16.0 Å². The maximum Gasteiger partial charge on any atom is 0.434 e. The SMILES string of the molecule is CS(=O)(=O)c1c(Cl)ncnc1C(F)(F)F. The molecule has 0 radical (unpaired) electrons. The maximum atomic E-state index is 12.3. The third kappa shape index (κ3) is 2.57. The molecule has 0 N–H and O–H groups in total. The average molecular weight is 261 g/mol. The third-order valence-corrected chi connectivity index (χ3v) is 2.93. The van der Waals surface area contributed by atoms with E-state index in [9.17, 15) is 21.6 Å². The van der Waals surface area contributed by atoms with Gasteiger partial charge in [-0.1, -0.05) is 11.6 Å². The van der Waals surface area contributed by atoms with Gasteiger partial charge in [0.2, 0.25) is 0 Å². The molecule has 1 heterocycles. The maximum absolute atomic E-state index is 12.3. The second-order valence-electron chi connectivity index (χ2n) is 2.61. The van der Waals surface area contributed by atoms with E-state index in [1.807, 2.05) is 0 Å². The molecule has 4 nitrogen and oxygen atoms in total. The van der Waals surface area contributed by atoms with Crippen LogP contribution in [0.25, 0.3) is 0 Å². The molecule has 0 fully saturated rings. The van der Waals surface area contributed by atoms with Crippen LogP contribution in [0.2, 0.25) is 5.15 Å². The van der Waals surface area contributed by atoms with Crippen LogP contribution in [0.15, 0.2) is 11.2 Å². The fraction of sp³-hybridized carbons (Fsp3) is 0.333. The van der Waals surface area contributed by atoms with Gasteiger partial charge in [-0.15, -0.1) is 0 Å². The Morgan fingerprint density at radius 3 is 2.20 bits per heavy atom. The van der Waals surface area contributed by atoms with Crippen LogP contribution < -0.4 is 0 Å². The quantitative estimate of drug-likeness (QED) is 0.719. The Bertz CT molecular complexity index is 486. The predicted octanol–water partition coefficient (Wildman–Crippen LogP) is 1.55. The van der Waals surface area contributed by atoms with Gasteiger partial charge in [0.25, 0.3) is 0 Å². The standard InChI is InChI=1S/C6H4ClF3N2O2S/c1-15(13,14)3-4(6(8,9)10)11-2-12-5(3)7/h2H,1H3. The Morgan fingerprint density at radius 1 is 1.33 bits per heavy atom. The molecule has 0 atom stereocenters. The van der Waals surface area contributed by atoms with E-state index in [1.54, 1.807) is 0 Å². The molecule has 0 aliphatic carbocycles. The van der Waals surface area contributed by atoms with Gasteiger partial charge in [0.1, 0.15) is 11.2 Å². The molecule has 0 aromatic carbocycles. The van der Waals surface area contributed by atoms with E-state index in [0.29, 0.717) is 12.6 Å². The zero-order valence-corrected chi connectivity index (χ0v) is 8.78. The van der Waals surface area contributed by atoms with Gasteiger partial charge in [-0.25, -0.2) is 18.4 Å². The number of halogens is 4. The van der Waals surface area contributed by atoms with Crippen molar-refractivity contribution >= 4 is 21.4 Å². The molecule has 15 heavy (non-hydrogen) atoms. The van der Waals surface area contributed by atoms with Gasteiger partial charge in [0.15, 0.2) is 20.7 Å². The van der Waals surface area contributed by atoms with Gasteiger partial charge in [0.05, 0.1) is 0 Å². The Balaban J connectivity index is 3.63. The molecule has 0 aliphatic rings. The Hall–Kier alpha value is -0.890. The lowest BCUT2D eigenvalue weighted by Crippen LogP contribution is -2.16. The molecular weight excluding hydrogens is 257 g/mol. The van der Waals surface area contributed by atoms with Crippen molar-refractivity contribution in [3.63, 3.8) is 0 Å². The summed E-state index contributed by atoms with van der Waals surface area (Å²) in [5.41, 5.74) is -1.55. The lowest BCUT2D eigenvalue weighted by atomic mass is 10.4. The van der Waals surface area contributed by atoms with Crippen molar-refractivity contribution in [2.75, 3.05) is 6.26 Å². The highest BCUT2D eigenvalue weighted by Gasteiger charge is 2.39. The van der Waals surface area contributed by atoms with Gasteiger partial charge in [-0.2, -0.15) is 13.2 Å². The summed E-state index contributed by atoms with van der Waals surface area (Å²) in [6, 6.07) is 0. The summed E-state index contributed by atoms with van der Waals surface area (Å²) in [6.45, 7) is 0. The lowest BCUT2D eigenvalue weighted by molar-refractivity contribution is -0.143. The molecule has 1 aromatic heterocycles. The minimum atomic E-state index is -4.88. The smallest absolute Gasteiger partial charge is 0.230 e. The second-order valence-corrected chi connectivity index (χ2v) is 4.92. The normalized spacial score (nSPS) is 12.9. The first-order valence-corrected chi connectivity index (χ1v) is 5.68. The first kappa shape index (κ1) is 12.2. The summed E-state index contributed by atoms with van der Waals surface area (Å²) >= 11 is 5.29. The largest absolute Gasteiger partial charge is 0.434 e. The average Bonchev–Trinajstić information content (AvgIpc) is 1.99. The summed E-state index contributed by atoms with van der Waals surface area (Å²) in [6.07, 6.45) is -3.72. The second kappa shape index (κ2) is 3.60. The van der Waals surface area contributed by atoms with Crippen LogP contribution >= 0.6 is 11.6 Å². The molecule has 0 spiro atoms. The van der Waals surface area contributed by atoms with Crippen molar-refractivity contribution < 1.29 is 21.6 Å². The summed E-state index contributed by atoms with van der Waals surface area (Å²) < 4.78 is 59.1. The fourth-order valence-electron chi connectivity index (χ4n) is 0.883. The van der Waals surface area contributed by atoms with Gasteiger partial charge < -0.3 is 0 Å². The first-order valence-electron chi connectivity index (χ1n) is 3.42. The van der Waals surface area contributed by atoms with E-state index in [2.05, 4.69) is 9.97 Å². The number of hydrogen-bond donors (Lipinski definition) is 0. The van der Waals surface area contributed by atoms with E-state index >= 15 is 0 Å². The van der Waals surface area contributed by atoms with Gasteiger partial charge in [-0.3, -0.25) is 0 Å². The van der Waals surface area contributed by atoms with Crippen LogP contribution in [0.3, 0.4) is 0 Å². The van der Waals surface area contributed by atoms with E-state index in [0.717, 1.165) is 0 Å². The summed E-state index contributed by atoms with van der Waals surface area (Å²) in [5.74, 6) is 0. The number of nitrogens with zero attached hydrogens (tertiary/aromatic N) is 2. The van der Waals surface area contributed by atoms with Crippen LogP contribution in [-0.4, -0.2) is 24.6 Å². The van der Waals surface area contributed by atoms with Crippen molar-refractivity contribution in [3.05, 3.63) is 17.2 Å². The minimum absolute atomic E-state index is 0.555. The molecule has 0 amide bonds. The molecule has 1 rings (SSSR count). The molecule has 0 aliphatic heterocycles. The number of alkyl halides is 3. The van der Waals surface area contributed by atoms with Crippen molar-refractivity contribution in [1.29, 1.82) is 0 Å². The molecule has 0 bridgehead atoms. The zero-order valence-electron chi connectivity index (χ0n) is 7.21. The fourth-order valence-corrected chi connectivity index (χ4v) is 2.31. The van der Waals surface area contributed by atoms with E-state index in [-0.39, 0.29) is 0 Å². The molecule has 0 unspecified atom stereocenters. The van der Waals surface area contributed by atoms with E-state index < -0.39 is 31.8 Å². The van der Waals surface area contributed by atoms with Gasteiger partial charge >= 0.3 is 6.18 Å². The molecule has 1 aromatic rings. The number of aromatic nitrogens is 2. The molecule has 9 heteroatoms. The summed E-state index contributed by atoms with van der Waals surface area (Å²) in [5, 5.41) is -0.736. The van der Waals surface area contributed by atoms with Crippen LogP contribution in [0.5, 0.6) is 0 Å². The highest BCUT2D eigenvalue weighted by molar-refractivity contribution is 7.90. The molecule has 0 saturated carbocycles. The van der Waals surface area contributed by atoms with Crippen molar-refractivity contribution in [2.24, 2.45) is 0 Å². The zero-order chi connectivity index (χ0) is 11.9. The highest BCUT2D eigenvalue weighted by atomic mass is 35.5. The van der Waals surface area contributed by atoms with Crippen LogP contribution in [0, 0.1) is 0 Å². The Morgan fingerprint density at radius 2 is 1.87 bits per heavy atom. The topological polar surface area (TPSA) is 59.9 Å². The Labute approximate surface area is 88.0 Å². The minimum Gasteiger partial charge on any atom is -0.230 e. The summed E-state index contributed by atoms with van der Waals surface area (Å²) in [4.78, 5) is 4.97. The van der Waals surface area contributed by atoms with Gasteiger partial charge in [0, 0.05) is 6.26 Å². The predicted molar refractivity (Wildman–Crippen MR) is 45.2 cm³/mol. The number of sulfone groups is 1. The highest BCUT2D eigenvalue weighted by Crippen LogP contribution is 2.34. The first-order chi connectivity index (χ1) is 6.64. The molecule has 0 saturated heterocycles. The third-order valence-electron chi connectivity index (χ3n) is 1.40. The van der Waals surface area contributed by atoms with Crippen molar-refractivity contribution in [3.8, 4) is 0 Å². The van der Waals surface area contributed by atoms with E-state index in [1.165, 1.54) is 0 Å².